The van der Waals surface area contributed by atoms with Crippen LogP contribution >= 0.6 is 23.7 Å². The zero-order valence-corrected chi connectivity index (χ0v) is 16.1. The van der Waals surface area contributed by atoms with E-state index in [4.69, 9.17) is 0 Å². The van der Waals surface area contributed by atoms with E-state index in [9.17, 15) is 4.79 Å². The third-order valence-electron chi connectivity index (χ3n) is 4.57. The Bertz CT molecular complexity index is 876. The van der Waals surface area contributed by atoms with Gasteiger partial charge in [-0.25, -0.2) is 4.98 Å². The second-order valence-electron chi connectivity index (χ2n) is 6.31. The van der Waals surface area contributed by atoms with Gasteiger partial charge < -0.3 is 10.6 Å². The number of benzene rings is 2. The van der Waals surface area contributed by atoms with Gasteiger partial charge >= 0.3 is 0 Å². The van der Waals surface area contributed by atoms with E-state index in [2.05, 4.69) is 33.8 Å². The number of aromatic nitrogens is 1. The summed E-state index contributed by atoms with van der Waals surface area (Å²) in [4.78, 5) is 17.0. The first kappa shape index (κ1) is 18.8. The molecule has 3 aromatic rings. The predicted octanol–water partition coefficient (Wildman–Crippen LogP) is 3.38. The molecule has 4 rings (SSSR count). The first-order valence-electron chi connectivity index (χ1n) is 8.75. The van der Waals surface area contributed by atoms with E-state index in [1.165, 1.54) is 15.8 Å². The Morgan fingerprint density at radius 1 is 1.12 bits per heavy atom. The Morgan fingerprint density at radius 2 is 1.92 bits per heavy atom. The number of hydrogen-bond donors (Lipinski definition) is 2. The first-order chi connectivity index (χ1) is 12.3. The van der Waals surface area contributed by atoms with E-state index < -0.39 is 0 Å². The number of para-hydroxylation sites is 1. The van der Waals surface area contributed by atoms with Crippen molar-refractivity contribution in [2.75, 3.05) is 19.6 Å². The molecule has 6 heteroatoms. The molecule has 0 unspecified atom stereocenters. The van der Waals surface area contributed by atoms with Gasteiger partial charge in [0.1, 0.15) is 0 Å². The van der Waals surface area contributed by atoms with Crippen molar-refractivity contribution in [3.8, 4) is 0 Å². The van der Waals surface area contributed by atoms with Gasteiger partial charge in [0.25, 0.3) is 5.91 Å². The molecule has 2 heterocycles. The van der Waals surface area contributed by atoms with Gasteiger partial charge in [-0.1, -0.05) is 18.2 Å². The average Bonchev–Trinajstić information content (AvgIpc) is 2.90. The van der Waals surface area contributed by atoms with Crippen LogP contribution in [0, 0.1) is 0 Å². The van der Waals surface area contributed by atoms with E-state index in [0.717, 1.165) is 48.4 Å². The molecule has 2 aromatic carbocycles. The largest absolute Gasteiger partial charge is 0.352 e. The van der Waals surface area contributed by atoms with Gasteiger partial charge in [0.05, 0.1) is 15.2 Å². The van der Waals surface area contributed by atoms with E-state index in [0.29, 0.717) is 6.54 Å². The number of amides is 1. The summed E-state index contributed by atoms with van der Waals surface area (Å²) in [6.45, 7) is 2.60. The number of nitrogens with one attached hydrogen (secondary N) is 2. The Kier molecular flexibility index (Phi) is 6.25. The van der Waals surface area contributed by atoms with Gasteiger partial charge in [0.2, 0.25) is 0 Å². The maximum absolute atomic E-state index is 12.4. The fraction of sp³-hybridized carbons (Fsp3) is 0.300. The predicted molar refractivity (Wildman–Crippen MR) is 110 cm³/mol. The molecule has 0 atom stereocenters. The lowest BCUT2D eigenvalue weighted by Gasteiger charge is -2.09. The molecule has 0 bridgehead atoms. The van der Waals surface area contributed by atoms with Gasteiger partial charge in [-0.3, -0.25) is 4.79 Å². The van der Waals surface area contributed by atoms with Crippen LogP contribution in [0.1, 0.15) is 26.5 Å². The Morgan fingerprint density at radius 3 is 2.77 bits per heavy atom. The number of hydrogen-bond acceptors (Lipinski definition) is 4. The molecule has 136 valence electrons. The highest BCUT2D eigenvalue weighted by atomic mass is 35.5. The van der Waals surface area contributed by atoms with Crippen molar-refractivity contribution in [2.24, 2.45) is 0 Å². The third-order valence-corrected chi connectivity index (χ3v) is 5.67. The van der Waals surface area contributed by atoms with Crippen molar-refractivity contribution in [3.05, 3.63) is 64.2 Å². The van der Waals surface area contributed by atoms with Crippen LogP contribution in [-0.4, -0.2) is 30.5 Å². The van der Waals surface area contributed by atoms with Crippen molar-refractivity contribution in [3.63, 3.8) is 0 Å². The lowest BCUT2D eigenvalue weighted by Crippen LogP contribution is -2.25. The maximum Gasteiger partial charge on any atom is 0.251 e. The summed E-state index contributed by atoms with van der Waals surface area (Å²) in [5.41, 5.74) is 4.44. The third kappa shape index (κ3) is 4.23. The zero-order valence-electron chi connectivity index (χ0n) is 14.5. The van der Waals surface area contributed by atoms with Gasteiger partial charge in [-0.15, -0.1) is 23.7 Å². The zero-order chi connectivity index (χ0) is 17.1. The summed E-state index contributed by atoms with van der Waals surface area (Å²) < 4.78 is 1.20. The van der Waals surface area contributed by atoms with Crippen LogP contribution in [0.15, 0.2) is 42.5 Å². The van der Waals surface area contributed by atoms with Crippen molar-refractivity contribution in [1.29, 1.82) is 0 Å². The van der Waals surface area contributed by atoms with Crippen LogP contribution < -0.4 is 10.6 Å². The summed E-state index contributed by atoms with van der Waals surface area (Å²) in [6, 6.07) is 14.2. The molecule has 1 aliphatic rings. The minimum atomic E-state index is 0. The van der Waals surface area contributed by atoms with Crippen LogP contribution in [0.5, 0.6) is 0 Å². The highest BCUT2D eigenvalue weighted by Gasteiger charge is 2.12. The van der Waals surface area contributed by atoms with E-state index in [-0.39, 0.29) is 18.3 Å². The summed E-state index contributed by atoms with van der Waals surface area (Å²) in [5, 5.41) is 7.49. The second-order valence-corrected chi connectivity index (χ2v) is 7.43. The number of carbonyl (C=O) groups excluding carboxylic acids is 1. The van der Waals surface area contributed by atoms with Crippen LogP contribution in [0.4, 0.5) is 0 Å². The molecule has 26 heavy (non-hydrogen) atoms. The number of rotatable bonds is 4. The summed E-state index contributed by atoms with van der Waals surface area (Å²) in [5.74, 6) is 0.00103. The number of carbonyl (C=O) groups is 1. The molecule has 1 amide bonds. The average molecular weight is 388 g/mol. The molecular weight excluding hydrogens is 366 g/mol. The van der Waals surface area contributed by atoms with Crippen molar-refractivity contribution < 1.29 is 4.79 Å². The SMILES string of the molecule is Cl.O=C(NCCc1nc2ccccc2s1)c1ccc2c(c1)CCNCC2. The normalized spacial score (nSPS) is 13.5. The highest BCUT2D eigenvalue weighted by Crippen LogP contribution is 2.21. The van der Waals surface area contributed by atoms with Crippen molar-refractivity contribution >= 4 is 39.9 Å². The Labute approximate surface area is 163 Å². The minimum absolute atomic E-state index is 0. The van der Waals surface area contributed by atoms with Gasteiger partial charge in [0.15, 0.2) is 0 Å². The molecule has 0 radical (unpaired) electrons. The van der Waals surface area contributed by atoms with Crippen LogP contribution in [-0.2, 0) is 19.3 Å². The van der Waals surface area contributed by atoms with E-state index >= 15 is 0 Å². The fourth-order valence-corrected chi connectivity index (χ4v) is 4.19. The molecule has 1 aliphatic heterocycles. The smallest absolute Gasteiger partial charge is 0.251 e. The molecule has 0 fully saturated rings. The highest BCUT2D eigenvalue weighted by molar-refractivity contribution is 7.18. The van der Waals surface area contributed by atoms with Gasteiger partial charge in [0, 0.05) is 18.5 Å². The fourth-order valence-electron chi connectivity index (χ4n) is 3.23. The molecule has 0 saturated heterocycles. The van der Waals surface area contributed by atoms with Gasteiger partial charge in [-0.05, 0) is 61.3 Å². The number of fused-ring (bicyclic) bond motifs is 2. The van der Waals surface area contributed by atoms with Crippen LogP contribution in [0.25, 0.3) is 10.2 Å². The standard InChI is InChI=1S/C20H21N3OS.ClH/c24-20(16-6-5-14-7-10-21-11-8-15(14)13-16)22-12-9-19-23-17-3-1-2-4-18(17)25-19;/h1-6,13,21H,7-12H2,(H,22,24);1H. The van der Waals surface area contributed by atoms with Crippen molar-refractivity contribution in [2.45, 2.75) is 19.3 Å². The maximum atomic E-state index is 12.4. The molecule has 0 aliphatic carbocycles. The van der Waals surface area contributed by atoms with Crippen LogP contribution in [0.3, 0.4) is 0 Å². The number of halogens is 1. The molecule has 0 saturated carbocycles. The van der Waals surface area contributed by atoms with Crippen molar-refractivity contribution in [1.82, 2.24) is 15.6 Å². The van der Waals surface area contributed by atoms with Gasteiger partial charge in [-0.2, -0.15) is 0 Å². The second kappa shape index (κ2) is 8.62. The molecular formula is C20H22ClN3OS. The van der Waals surface area contributed by atoms with Crippen LogP contribution in [0.2, 0.25) is 0 Å². The Balaban J connectivity index is 0.00000196. The molecule has 1 aromatic heterocycles. The Hall–Kier alpha value is -1.95. The van der Waals surface area contributed by atoms with E-state index in [1.54, 1.807) is 11.3 Å². The lowest BCUT2D eigenvalue weighted by atomic mass is 10.00. The van der Waals surface area contributed by atoms with E-state index in [1.807, 2.05) is 24.3 Å². The minimum Gasteiger partial charge on any atom is -0.352 e. The molecule has 2 N–H and O–H groups in total. The number of nitrogens with zero attached hydrogens (tertiary/aromatic N) is 1. The number of thiazole rings is 1. The summed E-state index contributed by atoms with van der Waals surface area (Å²) in [7, 11) is 0. The monoisotopic (exact) mass is 387 g/mol. The topological polar surface area (TPSA) is 54.0 Å². The molecule has 0 spiro atoms. The summed E-state index contributed by atoms with van der Waals surface area (Å²) >= 11 is 1.70. The first-order valence-corrected chi connectivity index (χ1v) is 9.56. The quantitative estimate of drug-likeness (QED) is 0.721. The lowest BCUT2D eigenvalue weighted by molar-refractivity contribution is 0.0954. The summed E-state index contributed by atoms with van der Waals surface area (Å²) in [6.07, 6.45) is 2.79. The molecule has 4 nitrogen and oxygen atoms in total.